The Morgan fingerprint density at radius 1 is 1.53 bits per heavy atom. The number of ether oxygens (including phenoxy) is 1. The molecule has 0 saturated carbocycles. The van der Waals surface area contributed by atoms with Crippen molar-refractivity contribution in [1.29, 1.82) is 0 Å². The average molecular weight is 286 g/mol. The molecule has 1 N–H and O–H groups in total. The van der Waals surface area contributed by atoms with Crippen molar-refractivity contribution in [2.45, 2.75) is 6.92 Å². The highest BCUT2D eigenvalue weighted by Crippen LogP contribution is 2.37. The number of carboxylic acid groups (broad SMARTS) is 1. The molecule has 0 fully saturated rings. The molecule has 19 heavy (non-hydrogen) atoms. The Bertz CT molecular complexity index is 653. The van der Waals surface area contributed by atoms with Gasteiger partial charge >= 0.3 is 5.97 Å². The van der Waals surface area contributed by atoms with Crippen LogP contribution in [0.5, 0.6) is 5.75 Å². The van der Waals surface area contributed by atoms with Crippen molar-refractivity contribution in [3.63, 3.8) is 0 Å². The molecule has 0 unspecified atom stereocenters. The summed E-state index contributed by atoms with van der Waals surface area (Å²) >= 11 is 5.91. The molecule has 0 saturated heterocycles. The first-order valence-corrected chi connectivity index (χ1v) is 5.56. The van der Waals surface area contributed by atoms with Crippen LogP contribution in [0.2, 0.25) is 5.02 Å². The second-order valence-corrected chi connectivity index (χ2v) is 4.16. The molecule has 7 heteroatoms. The van der Waals surface area contributed by atoms with Gasteiger partial charge in [-0.15, -0.1) is 0 Å². The number of carboxylic acids is 1. The SMILES string of the molecule is COc1c(F)c(-c2cc(C(=O)O)on2)cc(C)c1Cl. The molecule has 0 amide bonds. The van der Waals surface area contributed by atoms with Crippen LogP contribution in [0.4, 0.5) is 4.39 Å². The van der Waals surface area contributed by atoms with Gasteiger partial charge in [0.25, 0.3) is 0 Å². The number of carbonyl (C=O) groups is 1. The van der Waals surface area contributed by atoms with Gasteiger partial charge in [-0.2, -0.15) is 0 Å². The molecule has 0 aliphatic rings. The third-order valence-electron chi connectivity index (χ3n) is 2.54. The van der Waals surface area contributed by atoms with Gasteiger partial charge in [-0.25, -0.2) is 9.18 Å². The Labute approximate surface area is 112 Å². The van der Waals surface area contributed by atoms with Crippen molar-refractivity contribution in [1.82, 2.24) is 5.16 Å². The van der Waals surface area contributed by atoms with Crippen molar-refractivity contribution in [2.24, 2.45) is 0 Å². The van der Waals surface area contributed by atoms with Crippen LogP contribution in [-0.4, -0.2) is 23.3 Å². The minimum Gasteiger partial charge on any atom is -0.492 e. The quantitative estimate of drug-likeness (QED) is 0.938. The third kappa shape index (κ3) is 2.26. The molecular weight excluding hydrogens is 277 g/mol. The Morgan fingerprint density at radius 3 is 2.74 bits per heavy atom. The highest BCUT2D eigenvalue weighted by molar-refractivity contribution is 6.33. The maximum atomic E-state index is 14.2. The van der Waals surface area contributed by atoms with Crippen molar-refractivity contribution in [3.8, 4) is 17.0 Å². The van der Waals surface area contributed by atoms with Crippen molar-refractivity contribution >= 4 is 17.6 Å². The number of methoxy groups -OCH3 is 1. The average Bonchev–Trinajstić information content (AvgIpc) is 2.84. The van der Waals surface area contributed by atoms with E-state index in [1.165, 1.54) is 13.2 Å². The van der Waals surface area contributed by atoms with Crippen LogP contribution in [0.3, 0.4) is 0 Å². The smallest absolute Gasteiger partial charge is 0.374 e. The summed E-state index contributed by atoms with van der Waals surface area (Å²) in [6, 6.07) is 2.58. The molecular formula is C12H9ClFNO4. The molecule has 0 radical (unpaired) electrons. The van der Waals surface area contributed by atoms with E-state index < -0.39 is 11.8 Å². The fourth-order valence-electron chi connectivity index (χ4n) is 1.61. The highest BCUT2D eigenvalue weighted by atomic mass is 35.5. The normalized spacial score (nSPS) is 10.5. The van der Waals surface area contributed by atoms with Crippen molar-refractivity contribution in [2.75, 3.05) is 7.11 Å². The van der Waals surface area contributed by atoms with Crippen molar-refractivity contribution in [3.05, 3.63) is 34.3 Å². The largest absolute Gasteiger partial charge is 0.492 e. The van der Waals surface area contributed by atoms with Gasteiger partial charge in [0.05, 0.1) is 12.1 Å². The zero-order valence-electron chi connectivity index (χ0n) is 10.0. The van der Waals surface area contributed by atoms with E-state index in [2.05, 4.69) is 9.68 Å². The number of hydrogen-bond donors (Lipinski definition) is 1. The van der Waals surface area contributed by atoms with Crippen LogP contribution in [0, 0.1) is 12.7 Å². The first-order chi connectivity index (χ1) is 8.95. The lowest BCUT2D eigenvalue weighted by atomic mass is 10.1. The van der Waals surface area contributed by atoms with E-state index in [-0.39, 0.29) is 27.8 Å². The zero-order valence-corrected chi connectivity index (χ0v) is 10.8. The highest BCUT2D eigenvalue weighted by Gasteiger charge is 2.21. The molecule has 0 bridgehead atoms. The zero-order chi connectivity index (χ0) is 14.2. The first kappa shape index (κ1) is 13.4. The predicted octanol–water partition coefficient (Wildman–Crippen LogP) is 3.15. The van der Waals surface area contributed by atoms with Gasteiger partial charge < -0.3 is 14.4 Å². The molecule has 0 atom stereocenters. The maximum absolute atomic E-state index is 14.2. The molecule has 5 nitrogen and oxygen atoms in total. The van der Waals surface area contributed by atoms with E-state index in [4.69, 9.17) is 21.4 Å². The Kier molecular flexibility index (Phi) is 3.44. The van der Waals surface area contributed by atoms with Crippen LogP contribution >= 0.6 is 11.6 Å². The Morgan fingerprint density at radius 2 is 2.21 bits per heavy atom. The van der Waals surface area contributed by atoms with Crippen LogP contribution in [-0.2, 0) is 0 Å². The molecule has 2 aromatic rings. The number of aromatic carboxylic acids is 1. The minimum absolute atomic E-state index is 0.0629. The predicted molar refractivity (Wildman–Crippen MR) is 65.2 cm³/mol. The van der Waals surface area contributed by atoms with Gasteiger partial charge in [0, 0.05) is 11.6 Å². The van der Waals surface area contributed by atoms with Gasteiger partial charge in [-0.05, 0) is 18.6 Å². The number of nitrogens with zero attached hydrogens (tertiary/aromatic N) is 1. The van der Waals surface area contributed by atoms with E-state index in [0.717, 1.165) is 6.07 Å². The number of aryl methyl sites for hydroxylation is 1. The summed E-state index contributed by atoms with van der Waals surface area (Å²) in [5, 5.41) is 12.4. The van der Waals surface area contributed by atoms with Gasteiger partial charge in [-0.3, -0.25) is 0 Å². The Hall–Kier alpha value is -2.08. The molecule has 1 aromatic heterocycles. The maximum Gasteiger partial charge on any atom is 0.374 e. The topological polar surface area (TPSA) is 72.6 Å². The fraction of sp³-hybridized carbons (Fsp3) is 0.167. The summed E-state index contributed by atoms with van der Waals surface area (Å²) in [6.07, 6.45) is 0. The molecule has 0 aliphatic heterocycles. The summed E-state index contributed by atoms with van der Waals surface area (Å²) in [5.41, 5.74) is 0.706. The van der Waals surface area contributed by atoms with Crippen LogP contribution in [0.1, 0.15) is 16.1 Å². The van der Waals surface area contributed by atoms with Crippen molar-refractivity contribution < 1.29 is 23.6 Å². The van der Waals surface area contributed by atoms with Crippen LogP contribution in [0.25, 0.3) is 11.3 Å². The monoisotopic (exact) mass is 285 g/mol. The number of benzene rings is 1. The second kappa shape index (κ2) is 4.89. The van der Waals surface area contributed by atoms with E-state index in [9.17, 15) is 9.18 Å². The van der Waals surface area contributed by atoms with Crippen LogP contribution < -0.4 is 4.74 Å². The molecule has 1 aromatic carbocycles. The van der Waals surface area contributed by atoms with E-state index in [1.807, 2.05) is 0 Å². The van der Waals surface area contributed by atoms with E-state index in [1.54, 1.807) is 6.92 Å². The lowest BCUT2D eigenvalue weighted by molar-refractivity contribution is 0.0652. The standard InChI is InChI=1S/C12H9ClFNO4/c1-5-3-6(10(14)11(18-2)9(5)13)7-4-8(12(16)17)19-15-7/h3-4H,1-2H3,(H,16,17). The number of rotatable bonds is 3. The van der Waals surface area contributed by atoms with Gasteiger partial charge in [0.1, 0.15) is 5.69 Å². The van der Waals surface area contributed by atoms with Gasteiger partial charge in [0.2, 0.25) is 5.76 Å². The number of hydrogen-bond acceptors (Lipinski definition) is 4. The minimum atomic E-state index is -1.28. The molecule has 0 spiro atoms. The lowest BCUT2D eigenvalue weighted by Crippen LogP contribution is -1.95. The molecule has 1 heterocycles. The summed E-state index contributed by atoms with van der Waals surface area (Å²) in [6.45, 7) is 1.67. The molecule has 100 valence electrons. The van der Waals surface area contributed by atoms with Gasteiger partial charge in [0.15, 0.2) is 11.6 Å². The molecule has 2 rings (SSSR count). The van der Waals surface area contributed by atoms with E-state index in [0.29, 0.717) is 5.56 Å². The summed E-state index contributed by atoms with van der Waals surface area (Å²) in [7, 11) is 1.29. The molecule has 0 aliphatic carbocycles. The van der Waals surface area contributed by atoms with E-state index >= 15 is 0 Å². The fourth-order valence-corrected chi connectivity index (χ4v) is 1.82. The third-order valence-corrected chi connectivity index (χ3v) is 3.01. The van der Waals surface area contributed by atoms with Gasteiger partial charge in [-0.1, -0.05) is 16.8 Å². The number of aromatic nitrogens is 1. The van der Waals surface area contributed by atoms with Crippen LogP contribution in [0.15, 0.2) is 16.7 Å². The lowest BCUT2D eigenvalue weighted by Gasteiger charge is -2.10. The summed E-state index contributed by atoms with van der Waals surface area (Å²) in [5.74, 6) is -2.49. The first-order valence-electron chi connectivity index (χ1n) is 5.18. The second-order valence-electron chi connectivity index (χ2n) is 3.78. The summed E-state index contributed by atoms with van der Waals surface area (Å²) in [4.78, 5) is 10.7. The number of halogens is 2. The summed E-state index contributed by atoms with van der Waals surface area (Å²) < 4.78 is 23.7. The Balaban J connectivity index is 2.61.